The third kappa shape index (κ3) is 4.42. The highest BCUT2D eigenvalue weighted by Crippen LogP contribution is 2.27. The Morgan fingerprint density at radius 2 is 2.22 bits per heavy atom. The monoisotopic (exact) mass is 332 g/mol. The van der Waals surface area contributed by atoms with E-state index >= 15 is 0 Å². The van der Waals surface area contributed by atoms with E-state index in [1.165, 1.54) is 10.6 Å². The predicted molar refractivity (Wildman–Crippen MR) is 92.7 cm³/mol. The molecule has 1 amide bonds. The number of hydrogen-bond donors (Lipinski definition) is 1. The first-order valence-electron chi connectivity index (χ1n) is 8.21. The lowest BCUT2D eigenvalue weighted by molar-refractivity contribution is -0.122. The van der Waals surface area contributed by atoms with Crippen LogP contribution in [0.15, 0.2) is 29.8 Å². The van der Waals surface area contributed by atoms with Crippen molar-refractivity contribution < 1.29 is 4.79 Å². The Labute approximate surface area is 141 Å². The summed E-state index contributed by atoms with van der Waals surface area (Å²) in [6.07, 6.45) is 4.98. The average molecular weight is 332 g/mol. The molecule has 1 aliphatic rings. The minimum Gasteiger partial charge on any atom is -0.355 e. The topological polar surface area (TPSA) is 50.2 Å². The van der Waals surface area contributed by atoms with Gasteiger partial charge in [-0.2, -0.15) is 5.10 Å². The molecule has 3 heterocycles. The summed E-state index contributed by atoms with van der Waals surface area (Å²) in [6, 6.07) is 6.27. The second kappa shape index (κ2) is 7.75. The number of aryl methyl sites for hydroxylation is 1. The number of carbonyl (C=O) groups excluding carboxylic acids is 1. The maximum Gasteiger partial charge on any atom is 0.234 e. The Hall–Kier alpha value is -1.66. The zero-order valence-corrected chi connectivity index (χ0v) is 14.4. The maximum atomic E-state index is 12.0. The van der Waals surface area contributed by atoms with Crippen LogP contribution in [0, 0.1) is 0 Å². The molecule has 0 radical (unpaired) electrons. The molecule has 0 aromatic carbocycles. The summed E-state index contributed by atoms with van der Waals surface area (Å²) in [5.41, 5.74) is 1.31. The van der Waals surface area contributed by atoms with E-state index in [2.05, 4.69) is 32.8 Å². The average Bonchev–Trinajstić information content (AvgIpc) is 3.20. The minimum absolute atomic E-state index is 0.139. The smallest absolute Gasteiger partial charge is 0.234 e. The van der Waals surface area contributed by atoms with Crippen LogP contribution in [-0.2, 0) is 18.3 Å². The van der Waals surface area contributed by atoms with Gasteiger partial charge < -0.3 is 5.32 Å². The van der Waals surface area contributed by atoms with Gasteiger partial charge in [0.25, 0.3) is 0 Å². The molecule has 0 unspecified atom stereocenters. The summed E-state index contributed by atoms with van der Waals surface area (Å²) in [6.45, 7) is 3.20. The first-order chi connectivity index (χ1) is 11.2. The van der Waals surface area contributed by atoms with Crippen molar-refractivity contribution in [2.24, 2.45) is 7.05 Å². The maximum absolute atomic E-state index is 12.0. The number of rotatable bonds is 6. The molecule has 0 bridgehead atoms. The highest BCUT2D eigenvalue weighted by molar-refractivity contribution is 7.09. The minimum atomic E-state index is 0.139. The van der Waals surface area contributed by atoms with Crippen LogP contribution in [0.5, 0.6) is 0 Å². The summed E-state index contributed by atoms with van der Waals surface area (Å²) < 4.78 is 1.97. The number of amides is 1. The summed E-state index contributed by atoms with van der Waals surface area (Å²) in [5.74, 6) is 0.709. The third-order valence-electron chi connectivity index (χ3n) is 4.51. The van der Waals surface area contributed by atoms with Crippen LogP contribution in [0.25, 0.3) is 0 Å². The van der Waals surface area contributed by atoms with Gasteiger partial charge in [-0.05, 0) is 49.9 Å². The number of nitrogens with zero attached hydrogens (tertiary/aromatic N) is 3. The number of likely N-dealkylation sites (tertiary alicyclic amines) is 1. The van der Waals surface area contributed by atoms with Crippen LogP contribution in [0.4, 0.5) is 0 Å². The Bertz CT molecular complexity index is 614. The number of hydrogen-bond acceptors (Lipinski definition) is 4. The summed E-state index contributed by atoms with van der Waals surface area (Å²) in [7, 11) is 2.00. The molecule has 23 heavy (non-hydrogen) atoms. The molecule has 0 atom stereocenters. The van der Waals surface area contributed by atoms with E-state index in [9.17, 15) is 4.79 Å². The molecule has 5 nitrogen and oxygen atoms in total. The van der Waals surface area contributed by atoms with Crippen LogP contribution >= 0.6 is 11.3 Å². The predicted octanol–water partition coefficient (Wildman–Crippen LogP) is 2.02. The molecular weight excluding hydrogens is 308 g/mol. The molecule has 1 aliphatic heterocycles. The van der Waals surface area contributed by atoms with E-state index in [1.54, 1.807) is 11.3 Å². The van der Waals surface area contributed by atoms with Gasteiger partial charge in [0.1, 0.15) is 0 Å². The number of thiophene rings is 1. The Balaban J connectivity index is 1.37. The van der Waals surface area contributed by atoms with Crippen LogP contribution in [0.1, 0.15) is 29.3 Å². The molecule has 0 aliphatic carbocycles. The van der Waals surface area contributed by atoms with Gasteiger partial charge >= 0.3 is 0 Å². The molecule has 124 valence electrons. The van der Waals surface area contributed by atoms with Gasteiger partial charge in [0.05, 0.1) is 6.54 Å². The number of aromatic nitrogens is 2. The molecule has 3 rings (SSSR count). The van der Waals surface area contributed by atoms with Crippen molar-refractivity contribution in [3.05, 3.63) is 40.3 Å². The molecule has 1 saturated heterocycles. The number of carbonyl (C=O) groups is 1. The van der Waals surface area contributed by atoms with Crippen molar-refractivity contribution in [3.63, 3.8) is 0 Å². The quantitative estimate of drug-likeness (QED) is 0.880. The summed E-state index contributed by atoms with van der Waals surface area (Å²) >= 11 is 1.74. The van der Waals surface area contributed by atoms with Crippen molar-refractivity contribution in [3.8, 4) is 0 Å². The van der Waals surface area contributed by atoms with Crippen molar-refractivity contribution in [1.29, 1.82) is 0 Å². The fourth-order valence-electron chi connectivity index (χ4n) is 3.21. The SMILES string of the molecule is Cn1nccc1C1CCN(CC(=O)NCCc2cccs2)CC1. The summed E-state index contributed by atoms with van der Waals surface area (Å²) in [5, 5.41) is 9.35. The van der Waals surface area contributed by atoms with Gasteiger partial charge in [-0.15, -0.1) is 11.3 Å². The normalized spacial score (nSPS) is 16.6. The van der Waals surface area contributed by atoms with E-state index in [4.69, 9.17) is 0 Å². The van der Waals surface area contributed by atoms with Crippen molar-refractivity contribution in [1.82, 2.24) is 20.0 Å². The van der Waals surface area contributed by atoms with E-state index in [0.29, 0.717) is 12.5 Å². The van der Waals surface area contributed by atoms with Gasteiger partial charge in [-0.1, -0.05) is 6.07 Å². The molecule has 6 heteroatoms. The van der Waals surface area contributed by atoms with Crippen LogP contribution in [-0.4, -0.2) is 46.8 Å². The molecule has 0 spiro atoms. The third-order valence-corrected chi connectivity index (χ3v) is 5.44. The number of piperidine rings is 1. The van der Waals surface area contributed by atoms with Crippen molar-refractivity contribution in [2.45, 2.75) is 25.2 Å². The Morgan fingerprint density at radius 3 is 2.87 bits per heavy atom. The standard InChI is InChI=1S/C17H24N4OS/c1-20-16(5-9-19-20)14-6-10-21(11-7-14)13-17(22)18-8-4-15-3-2-12-23-15/h2-3,5,9,12,14H,4,6-8,10-11,13H2,1H3,(H,18,22). The molecule has 2 aromatic rings. The van der Waals surface area contributed by atoms with Gasteiger partial charge in [-0.25, -0.2) is 0 Å². The Kier molecular flexibility index (Phi) is 5.46. The van der Waals surface area contributed by atoms with E-state index in [0.717, 1.165) is 38.9 Å². The van der Waals surface area contributed by atoms with Gasteiger partial charge in [0.2, 0.25) is 5.91 Å². The summed E-state index contributed by atoms with van der Waals surface area (Å²) in [4.78, 5) is 15.6. The van der Waals surface area contributed by atoms with Gasteiger partial charge in [-0.3, -0.25) is 14.4 Å². The number of nitrogens with one attached hydrogen (secondary N) is 1. The second-order valence-electron chi connectivity index (χ2n) is 6.11. The van der Waals surface area contributed by atoms with Crippen LogP contribution < -0.4 is 5.32 Å². The van der Waals surface area contributed by atoms with Gasteiger partial charge in [0.15, 0.2) is 0 Å². The second-order valence-corrected chi connectivity index (χ2v) is 7.14. The lowest BCUT2D eigenvalue weighted by atomic mass is 9.93. The molecule has 1 N–H and O–H groups in total. The first-order valence-corrected chi connectivity index (χ1v) is 9.09. The fraction of sp³-hybridized carbons (Fsp3) is 0.529. The first kappa shape index (κ1) is 16.2. The van der Waals surface area contributed by atoms with Gasteiger partial charge in [0, 0.05) is 36.3 Å². The van der Waals surface area contributed by atoms with E-state index < -0.39 is 0 Å². The van der Waals surface area contributed by atoms with Crippen molar-refractivity contribution >= 4 is 17.2 Å². The lowest BCUT2D eigenvalue weighted by Gasteiger charge is -2.31. The highest BCUT2D eigenvalue weighted by Gasteiger charge is 2.23. The molecule has 2 aromatic heterocycles. The molecular formula is C17H24N4OS. The van der Waals surface area contributed by atoms with E-state index in [-0.39, 0.29) is 5.91 Å². The largest absolute Gasteiger partial charge is 0.355 e. The zero-order valence-electron chi connectivity index (χ0n) is 13.6. The molecule has 1 fully saturated rings. The van der Waals surface area contributed by atoms with Crippen LogP contribution in [0.2, 0.25) is 0 Å². The highest BCUT2D eigenvalue weighted by atomic mass is 32.1. The van der Waals surface area contributed by atoms with Crippen molar-refractivity contribution in [2.75, 3.05) is 26.2 Å². The molecule has 0 saturated carbocycles. The lowest BCUT2D eigenvalue weighted by Crippen LogP contribution is -2.41. The van der Waals surface area contributed by atoms with Crippen LogP contribution in [0.3, 0.4) is 0 Å². The Morgan fingerprint density at radius 1 is 1.39 bits per heavy atom. The zero-order chi connectivity index (χ0) is 16.1. The fourth-order valence-corrected chi connectivity index (χ4v) is 3.92. The van der Waals surface area contributed by atoms with E-state index in [1.807, 2.05) is 24.0 Å².